The second kappa shape index (κ2) is 7.07. The molecule has 20 heavy (non-hydrogen) atoms. The predicted molar refractivity (Wildman–Crippen MR) is 80.9 cm³/mol. The first-order chi connectivity index (χ1) is 9.63. The molecule has 1 aromatic carbocycles. The van der Waals surface area contributed by atoms with Gasteiger partial charge in [-0.25, -0.2) is 0 Å². The Kier molecular flexibility index (Phi) is 5.40. The summed E-state index contributed by atoms with van der Waals surface area (Å²) in [7, 11) is 3.80. The number of methoxy groups -OCH3 is 1. The van der Waals surface area contributed by atoms with Crippen LogP contribution < -0.4 is 10.5 Å². The number of ether oxygens (including phenoxy) is 2. The maximum absolute atomic E-state index is 5.97. The van der Waals surface area contributed by atoms with Crippen LogP contribution in [-0.2, 0) is 11.3 Å². The van der Waals surface area contributed by atoms with Crippen molar-refractivity contribution in [2.45, 2.75) is 44.6 Å². The molecule has 1 saturated heterocycles. The predicted octanol–water partition coefficient (Wildman–Crippen LogP) is 2.02. The van der Waals surface area contributed by atoms with E-state index in [0.717, 1.165) is 25.1 Å². The summed E-state index contributed by atoms with van der Waals surface area (Å²) in [6, 6.07) is 8.47. The standard InChI is InChI=1S/C16H26N2O2/c1-12-4-9-16(20-12)15(10-17)18(2)11-13-5-7-14(19-3)8-6-13/h5-8,12,15-16H,4,9-11,17H2,1-3H3. The molecule has 1 fully saturated rings. The van der Waals surface area contributed by atoms with Crippen molar-refractivity contribution in [2.75, 3.05) is 20.7 Å². The van der Waals surface area contributed by atoms with Gasteiger partial charge in [-0.15, -0.1) is 0 Å². The monoisotopic (exact) mass is 278 g/mol. The van der Waals surface area contributed by atoms with Gasteiger partial charge in [0.25, 0.3) is 0 Å². The molecule has 112 valence electrons. The smallest absolute Gasteiger partial charge is 0.118 e. The van der Waals surface area contributed by atoms with Gasteiger partial charge in [0, 0.05) is 19.1 Å². The van der Waals surface area contributed by atoms with Gasteiger partial charge in [0.1, 0.15) is 5.75 Å². The molecule has 4 heteroatoms. The third-order valence-corrected chi connectivity index (χ3v) is 4.09. The van der Waals surface area contributed by atoms with E-state index in [2.05, 4.69) is 31.0 Å². The van der Waals surface area contributed by atoms with Crippen molar-refractivity contribution in [1.29, 1.82) is 0 Å². The fourth-order valence-corrected chi connectivity index (χ4v) is 2.87. The second-order valence-electron chi connectivity index (χ2n) is 5.63. The minimum atomic E-state index is 0.262. The Hall–Kier alpha value is -1.10. The molecule has 1 aliphatic rings. The van der Waals surface area contributed by atoms with Crippen molar-refractivity contribution in [1.82, 2.24) is 4.90 Å². The highest BCUT2D eigenvalue weighted by atomic mass is 16.5. The second-order valence-corrected chi connectivity index (χ2v) is 5.63. The number of hydrogen-bond acceptors (Lipinski definition) is 4. The molecule has 3 unspecified atom stereocenters. The highest BCUT2D eigenvalue weighted by molar-refractivity contribution is 5.27. The molecule has 1 aliphatic heterocycles. The van der Waals surface area contributed by atoms with E-state index < -0.39 is 0 Å². The van der Waals surface area contributed by atoms with E-state index in [4.69, 9.17) is 15.2 Å². The minimum Gasteiger partial charge on any atom is -0.497 e. The van der Waals surface area contributed by atoms with Crippen LogP contribution in [0.3, 0.4) is 0 Å². The summed E-state index contributed by atoms with van der Waals surface area (Å²) in [6.45, 7) is 3.64. The largest absolute Gasteiger partial charge is 0.497 e. The van der Waals surface area contributed by atoms with Crippen LogP contribution in [0.15, 0.2) is 24.3 Å². The fourth-order valence-electron chi connectivity index (χ4n) is 2.87. The van der Waals surface area contributed by atoms with Crippen LogP contribution in [0.5, 0.6) is 5.75 Å². The molecule has 0 aromatic heterocycles. The van der Waals surface area contributed by atoms with Gasteiger partial charge in [0.15, 0.2) is 0 Å². The third kappa shape index (κ3) is 3.72. The summed E-state index contributed by atoms with van der Waals surface area (Å²) < 4.78 is 11.2. The van der Waals surface area contributed by atoms with Gasteiger partial charge in [-0.2, -0.15) is 0 Å². The number of nitrogens with two attached hydrogens (primary N) is 1. The van der Waals surface area contributed by atoms with Crippen LogP contribution in [0.2, 0.25) is 0 Å². The van der Waals surface area contributed by atoms with Crippen molar-refractivity contribution < 1.29 is 9.47 Å². The molecule has 1 heterocycles. The topological polar surface area (TPSA) is 47.7 Å². The van der Waals surface area contributed by atoms with Gasteiger partial charge < -0.3 is 15.2 Å². The highest BCUT2D eigenvalue weighted by Crippen LogP contribution is 2.24. The Morgan fingerprint density at radius 2 is 2.05 bits per heavy atom. The van der Waals surface area contributed by atoms with Gasteiger partial charge in [-0.1, -0.05) is 12.1 Å². The minimum absolute atomic E-state index is 0.262. The van der Waals surface area contributed by atoms with Crippen molar-refractivity contribution >= 4 is 0 Å². The summed E-state index contributed by atoms with van der Waals surface area (Å²) in [5.41, 5.74) is 7.22. The summed E-state index contributed by atoms with van der Waals surface area (Å²) >= 11 is 0. The molecule has 1 aromatic rings. The summed E-state index contributed by atoms with van der Waals surface area (Å²) in [5.74, 6) is 0.889. The van der Waals surface area contributed by atoms with Crippen LogP contribution in [0.1, 0.15) is 25.3 Å². The molecule has 0 amide bonds. The maximum Gasteiger partial charge on any atom is 0.118 e. The third-order valence-electron chi connectivity index (χ3n) is 4.09. The lowest BCUT2D eigenvalue weighted by atomic mass is 10.1. The van der Waals surface area contributed by atoms with Crippen LogP contribution in [-0.4, -0.2) is 43.9 Å². The first-order valence-corrected chi connectivity index (χ1v) is 7.32. The van der Waals surface area contributed by atoms with Crippen molar-refractivity contribution in [3.8, 4) is 5.75 Å². The Bertz CT molecular complexity index is 407. The molecular formula is C16H26N2O2. The van der Waals surface area contributed by atoms with Crippen LogP contribution in [0.25, 0.3) is 0 Å². The quantitative estimate of drug-likeness (QED) is 0.865. The lowest BCUT2D eigenvalue weighted by molar-refractivity contribution is 0.000839. The number of rotatable bonds is 6. The van der Waals surface area contributed by atoms with Crippen molar-refractivity contribution in [3.63, 3.8) is 0 Å². The van der Waals surface area contributed by atoms with Gasteiger partial charge in [-0.05, 0) is 44.5 Å². The Labute approximate surface area is 121 Å². The van der Waals surface area contributed by atoms with Crippen molar-refractivity contribution in [3.05, 3.63) is 29.8 Å². The molecule has 3 atom stereocenters. The molecule has 0 radical (unpaired) electrons. The van der Waals surface area contributed by atoms with Gasteiger partial charge >= 0.3 is 0 Å². The average molecular weight is 278 g/mol. The number of benzene rings is 1. The normalized spacial score (nSPS) is 24.1. The van der Waals surface area contributed by atoms with E-state index >= 15 is 0 Å². The molecule has 0 bridgehead atoms. The van der Waals surface area contributed by atoms with Crippen LogP contribution in [0.4, 0.5) is 0 Å². The number of nitrogens with zero attached hydrogens (tertiary/aromatic N) is 1. The van der Waals surface area contributed by atoms with E-state index in [1.54, 1.807) is 7.11 Å². The number of likely N-dealkylation sites (N-methyl/N-ethyl adjacent to an activating group) is 1. The summed E-state index contributed by atoms with van der Waals surface area (Å²) in [6.07, 6.45) is 2.87. The van der Waals surface area contributed by atoms with E-state index in [-0.39, 0.29) is 12.1 Å². The van der Waals surface area contributed by atoms with E-state index in [1.165, 1.54) is 5.56 Å². The van der Waals surface area contributed by atoms with E-state index in [0.29, 0.717) is 12.6 Å². The van der Waals surface area contributed by atoms with Crippen LogP contribution in [0, 0.1) is 0 Å². The Morgan fingerprint density at radius 3 is 2.55 bits per heavy atom. The van der Waals surface area contributed by atoms with E-state index in [1.807, 2.05) is 12.1 Å². The highest BCUT2D eigenvalue weighted by Gasteiger charge is 2.31. The van der Waals surface area contributed by atoms with Gasteiger partial charge in [0.2, 0.25) is 0 Å². The lowest BCUT2D eigenvalue weighted by Gasteiger charge is -2.31. The maximum atomic E-state index is 5.97. The van der Waals surface area contributed by atoms with Gasteiger partial charge in [0.05, 0.1) is 19.3 Å². The first-order valence-electron chi connectivity index (χ1n) is 7.32. The molecule has 4 nitrogen and oxygen atoms in total. The molecule has 2 rings (SSSR count). The zero-order valence-electron chi connectivity index (χ0n) is 12.7. The van der Waals surface area contributed by atoms with Crippen molar-refractivity contribution in [2.24, 2.45) is 5.73 Å². The van der Waals surface area contributed by atoms with E-state index in [9.17, 15) is 0 Å². The van der Waals surface area contributed by atoms with Gasteiger partial charge in [-0.3, -0.25) is 4.90 Å². The molecule has 0 spiro atoms. The molecule has 0 saturated carbocycles. The zero-order chi connectivity index (χ0) is 14.5. The average Bonchev–Trinajstić information content (AvgIpc) is 2.87. The van der Waals surface area contributed by atoms with Crippen LogP contribution >= 0.6 is 0 Å². The Morgan fingerprint density at radius 1 is 1.35 bits per heavy atom. The zero-order valence-corrected chi connectivity index (χ0v) is 12.7. The number of hydrogen-bond donors (Lipinski definition) is 1. The SMILES string of the molecule is COc1ccc(CN(C)C(CN)C2CCC(C)O2)cc1. The molecule has 2 N–H and O–H groups in total. The fraction of sp³-hybridized carbons (Fsp3) is 0.625. The lowest BCUT2D eigenvalue weighted by Crippen LogP contribution is -2.46. The Balaban J connectivity index is 1.95. The molecular weight excluding hydrogens is 252 g/mol. The first kappa shape index (κ1) is 15.3. The molecule has 0 aliphatic carbocycles. The summed E-state index contributed by atoms with van der Waals surface area (Å²) in [5, 5.41) is 0. The summed E-state index contributed by atoms with van der Waals surface area (Å²) in [4.78, 5) is 2.30.